The Balaban J connectivity index is 1.42. The van der Waals surface area contributed by atoms with Crippen LogP contribution in [-0.4, -0.2) is 12.1 Å². The summed E-state index contributed by atoms with van der Waals surface area (Å²) in [5.41, 5.74) is 1.15. The minimum atomic E-state index is -0.737. The summed E-state index contributed by atoms with van der Waals surface area (Å²) in [6.07, 6.45) is 7.67. The van der Waals surface area contributed by atoms with E-state index in [1.807, 2.05) is 12.1 Å². The van der Waals surface area contributed by atoms with Gasteiger partial charge in [0.2, 0.25) is 0 Å². The summed E-state index contributed by atoms with van der Waals surface area (Å²) in [6.45, 7) is 0. The highest BCUT2D eigenvalue weighted by Crippen LogP contribution is 2.36. The summed E-state index contributed by atoms with van der Waals surface area (Å²) in [5.74, 6) is -0.767. The molecule has 0 amide bonds. The molecule has 3 nitrogen and oxygen atoms in total. The van der Waals surface area contributed by atoms with Crippen molar-refractivity contribution >= 4 is 5.97 Å². The summed E-state index contributed by atoms with van der Waals surface area (Å²) in [5, 5.41) is 8.51. The third-order valence-electron chi connectivity index (χ3n) is 5.89. The van der Waals surface area contributed by atoms with Gasteiger partial charge >= 0.3 is 5.97 Å². The second-order valence-electron chi connectivity index (χ2n) is 7.70. The van der Waals surface area contributed by atoms with E-state index in [1.165, 1.54) is 24.3 Å². The van der Waals surface area contributed by atoms with Crippen LogP contribution in [0.25, 0.3) is 0 Å². The molecule has 144 valence electrons. The van der Waals surface area contributed by atoms with Crippen molar-refractivity contribution in [1.82, 2.24) is 0 Å². The molecule has 0 N–H and O–H groups in total. The molecule has 0 atom stereocenters. The molecule has 2 aliphatic carbocycles. The Morgan fingerprint density at radius 1 is 1.04 bits per heavy atom. The number of nitrogens with zero attached hydrogens (tertiary/aromatic N) is 1. The predicted molar refractivity (Wildman–Crippen MR) is 97.7 cm³/mol. The highest BCUT2D eigenvalue weighted by Gasteiger charge is 2.30. The summed E-state index contributed by atoms with van der Waals surface area (Å²) in [7, 11) is 0. The molecule has 2 aliphatic rings. The SMILES string of the molecule is N#CC(F)=CC1CCC(C(=O)OC2CCC(c3ccc(F)cc3)CC2)CC1. The fraction of sp³-hybridized carbons (Fsp3) is 0.545. The minimum absolute atomic E-state index is 0.0390. The highest BCUT2D eigenvalue weighted by atomic mass is 19.1. The largest absolute Gasteiger partial charge is 0.462 e. The molecule has 0 unspecified atom stereocenters. The maximum absolute atomic E-state index is 13.0. The first-order chi connectivity index (χ1) is 13.0. The lowest BCUT2D eigenvalue weighted by Crippen LogP contribution is -2.29. The zero-order valence-electron chi connectivity index (χ0n) is 15.4. The Labute approximate surface area is 159 Å². The molecule has 0 aromatic heterocycles. The molecule has 2 fully saturated rings. The van der Waals surface area contributed by atoms with Crippen LogP contribution in [0, 0.1) is 29.0 Å². The van der Waals surface area contributed by atoms with Crippen LogP contribution in [0.2, 0.25) is 0 Å². The number of nitriles is 1. The lowest BCUT2D eigenvalue weighted by molar-refractivity contribution is -0.157. The quantitative estimate of drug-likeness (QED) is 0.511. The van der Waals surface area contributed by atoms with E-state index in [9.17, 15) is 13.6 Å². The van der Waals surface area contributed by atoms with Gasteiger partial charge in [0.1, 0.15) is 18.0 Å². The summed E-state index contributed by atoms with van der Waals surface area (Å²) in [6, 6.07) is 8.18. The number of benzene rings is 1. The Bertz CT molecular complexity index is 707. The van der Waals surface area contributed by atoms with Gasteiger partial charge in [-0.25, -0.2) is 4.39 Å². The maximum Gasteiger partial charge on any atom is 0.309 e. The molecule has 0 spiro atoms. The van der Waals surface area contributed by atoms with E-state index >= 15 is 0 Å². The predicted octanol–water partition coefficient (Wildman–Crippen LogP) is 5.58. The number of esters is 1. The number of carbonyl (C=O) groups is 1. The average molecular weight is 373 g/mol. The first kappa shape index (κ1) is 19.5. The maximum atomic E-state index is 13.0. The molecule has 1 aromatic carbocycles. The van der Waals surface area contributed by atoms with Gasteiger partial charge in [-0.2, -0.15) is 9.65 Å². The number of halogens is 2. The van der Waals surface area contributed by atoms with Crippen molar-refractivity contribution in [3.05, 3.63) is 47.5 Å². The number of carbonyl (C=O) groups excluding carboxylic acids is 1. The number of ether oxygens (including phenoxy) is 1. The Morgan fingerprint density at radius 3 is 2.26 bits per heavy atom. The van der Waals surface area contributed by atoms with Crippen molar-refractivity contribution in [2.75, 3.05) is 0 Å². The van der Waals surface area contributed by atoms with E-state index in [2.05, 4.69) is 0 Å². The fourth-order valence-electron chi connectivity index (χ4n) is 4.28. The molecule has 2 saturated carbocycles. The highest BCUT2D eigenvalue weighted by molar-refractivity contribution is 5.72. The van der Waals surface area contributed by atoms with Crippen LogP contribution in [0.4, 0.5) is 8.78 Å². The van der Waals surface area contributed by atoms with E-state index in [-0.39, 0.29) is 29.7 Å². The Hall–Kier alpha value is -2.22. The van der Waals surface area contributed by atoms with Crippen LogP contribution >= 0.6 is 0 Å². The zero-order valence-corrected chi connectivity index (χ0v) is 15.4. The molecule has 0 radical (unpaired) electrons. The topological polar surface area (TPSA) is 50.1 Å². The Kier molecular flexibility index (Phi) is 6.60. The van der Waals surface area contributed by atoms with E-state index in [1.54, 1.807) is 0 Å². The lowest BCUT2D eigenvalue weighted by atomic mass is 9.81. The van der Waals surface area contributed by atoms with Gasteiger partial charge in [-0.1, -0.05) is 12.1 Å². The molecule has 5 heteroatoms. The summed E-state index contributed by atoms with van der Waals surface area (Å²) < 4.78 is 31.8. The number of hydrogen-bond donors (Lipinski definition) is 0. The van der Waals surface area contributed by atoms with Crippen molar-refractivity contribution in [3.8, 4) is 6.07 Å². The van der Waals surface area contributed by atoms with Gasteiger partial charge in [0.05, 0.1) is 5.92 Å². The van der Waals surface area contributed by atoms with Crippen molar-refractivity contribution in [1.29, 1.82) is 5.26 Å². The zero-order chi connectivity index (χ0) is 19.2. The first-order valence-electron chi connectivity index (χ1n) is 9.78. The van der Waals surface area contributed by atoms with Gasteiger partial charge in [-0.3, -0.25) is 4.79 Å². The molecule has 3 rings (SSSR count). The van der Waals surface area contributed by atoms with Crippen LogP contribution in [0.3, 0.4) is 0 Å². The third-order valence-corrected chi connectivity index (χ3v) is 5.89. The van der Waals surface area contributed by atoms with E-state index < -0.39 is 5.83 Å². The van der Waals surface area contributed by atoms with Crippen molar-refractivity contribution in [2.24, 2.45) is 11.8 Å². The molecular weight excluding hydrogens is 348 g/mol. The molecule has 0 heterocycles. The van der Waals surface area contributed by atoms with Gasteiger partial charge < -0.3 is 4.74 Å². The molecule has 0 saturated heterocycles. The average Bonchev–Trinajstić information content (AvgIpc) is 2.69. The van der Waals surface area contributed by atoms with E-state index in [0.29, 0.717) is 31.6 Å². The number of rotatable bonds is 4. The Morgan fingerprint density at radius 2 is 1.67 bits per heavy atom. The van der Waals surface area contributed by atoms with Gasteiger partial charge in [0, 0.05) is 0 Å². The molecule has 0 bridgehead atoms. The van der Waals surface area contributed by atoms with Crippen molar-refractivity contribution in [3.63, 3.8) is 0 Å². The van der Waals surface area contributed by atoms with E-state index in [0.717, 1.165) is 31.2 Å². The van der Waals surface area contributed by atoms with Crippen molar-refractivity contribution in [2.45, 2.75) is 63.4 Å². The third kappa shape index (κ3) is 5.38. The van der Waals surface area contributed by atoms with E-state index in [4.69, 9.17) is 10.00 Å². The van der Waals surface area contributed by atoms with Crippen LogP contribution in [0.1, 0.15) is 62.8 Å². The van der Waals surface area contributed by atoms with Crippen molar-refractivity contribution < 1.29 is 18.3 Å². The number of hydrogen-bond acceptors (Lipinski definition) is 3. The lowest BCUT2D eigenvalue weighted by Gasteiger charge is -2.31. The second-order valence-corrected chi connectivity index (χ2v) is 7.70. The standard InChI is InChI=1S/C22H25F2NO2/c23-19-9-5-16(6-10-19)17-7-11-21(12-8-17)27-22(26)18-3-1-15(2-4-18)13-20(24)14-25/h5-6,9-10,13,15,17-18,21H,1-4,7-8,11-12H2. The van der Waals surface area contributed by atoms with Gasteiger partial charge in [0.25, 0.3) is 0 Å². The smallest absolute Gasteiger partial charge is 0.309 e. The summed E-state index contributed by atoms with van der Waals surface area (Å²) in [4.78, 5) is 12.4. The summed E-state index contributed by atoms with van der Waals surface area (Å²) >= 11 is 0. The van der Waals surface area contributed by atoms with Gasteiger partial charge in [-0.05, 0) is 87.0 Å². The molecule has 1 aromatic rings. The number of allylic oxidation sites excluding steroid dienone is 2. The first-order valence-corrected chi connectivity index (χ1v) is 9.78. The van der Waals surface area contributed by atoms with Crippen LogP contribution < -0.4 is 0 Å². The molecular formula is C22H25F2NO2. The normalized spacial score (nSPS) is 29.0. The van der Waals surface area contributed by atoms with Gasteiger partial charge in [-0.15, -0.1) is 0 Å². The van der Waals surface area contributed by atoms with Crippen LogP contribution in [0.15, 0.2) is 36.2 Å². The molecule has 27 heavy (non-hydrogen) atoms. The molecule has 0 aliphatic heterocycles. The minimum Gasteiger partial charge on any atom is -0.462 e. The van der Waals surface area contributed by atoms with Crippen LogP contribution in [-0.2, 0) is 9.53 Å². The fourth-order valence-corrected chi connectivity index (χ4v) is 4.28. The van der Waals surface area contributed by atoms with Crippen LogP contribution in [0.5, 0.6) is 0 Å². The second kappa shape index (κ2) is 9.12. The monoisotopic (exact) mass is 373 g/mol. The van der Waals surface area contributed by atoms with Gasteiger partial charge in [0.15, 0.2) is 5.83 Å².